The number of aromatic nitrogens is 1. The number of ether oxygens (including phenoxy) is 2. The summed E-state index contributed by atoms with van der Waals surface area (Å²) in [5.41, 5.74) is 3.58. The van der Waals surface area contributed by atoms with Gasteiger partial charge in [-0.15, -0.1) is 0 Å². The van der Waals surface area contributed by atoms with E-state index in [0.29, 0.717) is 33.9 Å². The van der Waals surface area contributed by atoms with E-state index < -0.39 is 20.2 Å². The Balaban J connectivity index is 1.84. The van der Waals surface area contributed by atoms with E-state index in [1.165, 1.54) is 19.5 Å². The number of benzene rings is 3. The average Bonchev–Trinajstić information content (AvgIpc) is 2.94. The summed E-state index contributed by atoms with van der Waals surface area (Å²) in [5.74, 6) is 0.177. The van der Waals surface area contributed by atoms with E-state index in [4.69, 9.17) is 37.1 Å². The number of aromatic carboxylic acids is 1. The van der Waals surface area contributed by atoms with Gasteiger partial charge in [0.15, 0.2) is 23.9 Å². The van der Waals surface area contributed by atoms with Gasteiger partial charge in [0, 0.05) is 29.8 Å². The lowest BCUT2D eigenvalue weighted by molar-refractivity contribution is -0.605. The smallest absolute Gasteiger partial charge is 0.335 e. The van der Waals surface area contributed by atoms with Gasteiger partial charge in [-0.25, -0.2) is 4.79 Å². The fraction of sp³-hybridized carbons (Fsp3) is 0.250. The van der Waals surface area contributed by atoms with Crippen molar-refractivity contribution in [2.75, 3.05) is 19.5 Å². The molecule has 0 fully saturated rings. The molecule has 0 saturated heterocycles. The quantitative estimate of drug-likeness (QED) is 0.0936. The fourth-order valence-corrected chi connectivity index (χ4v) is 6.40. The topological polar surface area (TPSA) is 104 Å². The molecule has 0 amide bonds. The summed E-state index contributed by atoms with van der Waals surface area (Å²) in [7, 11) is 1.27. The van der Waals surface area contributed by atoms with Crippen molar-refractivity contribution in [3.8, 4) is 17.2 Å². The van der Waals surface area contributed by atoms with E-state index in [1.54, 1.807) is 25.3 Å². The lowest BCUT2D eigenvalue weighted by atomic mass is 9.81. The van der Waals surface area contributed by atoms with Crippen LogP contribution in [-0.2, 0) is 13.0 Å². The summed E-state index contributed by atoms with van der Waals surface area (Å²) < 4.78 is 17.7. The number of hydrogen-bond acceptors (Lipinski definition) is 6. The number of carbonyl (C=O) groups is 1. The van der Waals surface area contributed by atoms with Gasteiger partial charge in [0.05, 0.1) is 19.8 Å². The van der Waals surface area contributed by atoms with Crippen molar-refractivity contribution < 1.29 is 28.5 Å². The third kappa shape index (κ3) is 7.93. The third-order valence-corrected chi connectivity index (χ3v) is 8.29. The number of nitrogens with one attached hydrogen (secondary N) is 1. The van der Waals surface area contributed by atoms with E-state index in [-0.39, 0.29) is 22.0 Å². The van der Waals surface area contributed by atoms with Crippen LogP contribution in [0.3, 0.4) is 0 Å². The van der Waals surface area contributed by atoms with Gasteiger partial charge in [-0.3, -0.25) is 0 Å². The monoisotopic (exact) mass is 640 g/mol. The van der Waals surface area contributed by atoms with Gasteiger partial charge in [0.25, 0.3) is 0 Å². The molecule has 0 aliphatic heterocycles. The highest BCUT2D eigenvalue weighted by atomic mass is 35.5. The zero-order valence-corrected chi connectivity index (χ0v) is 27.1. The largest absolute Gasteiger partial charge is 0.619 e. The Morgan fingerprint density at radius 3 is 2.28 bits per heavy atom. The van der Waals surface area contributed by atoms with E-state index in [1.807, 2.05) is 42.5 Å². The maximum atomic E-state index is 12.6. The van der Waals surface area contributed by atoms with Crippen LogP contribution in [0.4, 0.5) is 5.69 Å². The van der Waals surface area contributed by atoms with Gasteiger partial charge < -0.3 is 29.5 Å². The number of rotatable bonds is 12. The number of carboxylic acids is 1. The van der Waals surface area contributed by atoms with E-state index in [9.17, 15) is 15.1 Å². The molecule has 1 heterocycles. The van der Waals surface area contributed by atoms with Crippen LogP contribution in [-0.4, -0.2) is 33.6 Å². The fourth-order valence-electron chi connectivity index (χ4n) is 4.97. The Morgan fingerprint density at radius 2 is 1.65 bits per heavy atom. The minimum Gasteiger partial charge on any atom is -0.619 e. The van der Waals surface area contributed by atoms with Crippen molar-refractivity contribution in [1.82, 2.24) is 0 Å². The van der Waals surface area contributed by atoms with Gasteiger partial charge in [0.2, 0.25) is 8.32 Å². The van der Waals surface area contributed by atoms with Gasteiger partial charge in [-0.1, -0.05) is 47.5 Å². The van der Waals surface area contributed by atoms with Crippen LogP contribution in [0.25, 0.3) is 0 Å². The summed E-state index contributed by atoms with van der Waals surface area (Å²) in [6, 6.07) is 18.4. The van der Waals surface area contributed by atoms with Crippen LogP contribution in [0, 0.1) is 5.21 Å². The predicted octanol–water partition coefficient (Wildman–Crippen LogP) is 7.54. The summed E-state index contributed by atoms with van der Waals surface area (Å²) >= 11 is 13.0. The second-order valence-corrected chi connectivity index (χ2v) is 16.2. The average molecular weight is 642 g/mol. The predicted molar refractivity (Wildman–Crippen MR) is 172 cm³/mol. The van der Waals surface area contributed by atoms with Gasteiger partial charge in [-0.2, -0.15) is 4.73 Å². The lowest BCUT2D eigenvalue weighted by Gasteiger charge is -2.25. The molecule has 0 aliphatic rings. The first-order chi connectivity index (χ1) is 20.4. The molecule has 0 aliphatic carbocycles. The first-order valence-electron chi connectivity index (χ1n) is 13.6. The molecule has 3 aromatic carbocycles. The second kappa shape index (κ2) is 13.6. The molecule has 0 unspecified atom stereocenters. The van der Waals surface area contributed by atoms with Crippen LogP contribution < -0.4 is 23.9 Å². The summed E-state index contributed by atoms with van der Waals surface area (Å²) in [6.07, 6.45) is 2.68. The Morgan fingerprint density at radius 1 is 0.977 bits per heavy atom. The number of anilines is 1. The Bertz CT molecular complexity index is 1600. The minimum absolute atomic E-state index is 0.136. The number of nitrogens with zero attached hydrogens (tertiary/aromatic N) is 1. The maximum Gasteiger partial charge on any atom is 0.335 e. The van der Waals surface area contributed by atoms with Crippen LogP contribution in [0.1, 0.15) is 38.5 Å². The molecule has 0 saturated carbocycles. The SMILES string of the molecule is COc1ccc([C@H](Cc2c(Cl)c[n+]([O-])cc2Cl)c2c(CNc3cccc(O[Si](C)(C)C)c3)cccc2C(=O)O)cc1OC. The standard InChI is InChI=1S/C32H34Cl2N2O6Si/c1-40-29-13-12-20(14-30(29)41-2)25(16-26-27(33)18-36(39)19-28(26)34)31-21(8-6-11-24(31)32(37)38)17-35-22-9-7-10-23(15-22)42-43(3,4)5/h6-15,18-19,25,35H,16-17H2,1-5H3,(H,37,38)/t25-/m0/s1. The first kappa shape index (κ1) is 32.0. The molecule has 0 spiro atoms. The highest BCUT2D eigenvalue weighted by molar-refractivity contribution is 6.70. The maximum absolute atomic E-state index is 12.6. The van der Waals surface area contributed by atoms with E-state index >= 15 is 0 Å². The Kier molecular flexibility index (Phi) is 10.1. The minimum atomic E-state index is -1.81. The second-order valence-electron chi connectivity index (χ2n) is 10.9. The molecule has 2 N–H and O–H groups in total. The molecular formula is C32H34Cl2N2O6Si. The zero-order chi connectivity index (χ0) is 31.3. The molecule has 4 aromatic rings. The molecule has 4 rings (SSSR count). The number of methoxy groups -OCH3 is 2. The van der Waals surface area contributed by atoms with Gasteiger partial charge in [-0.05, 0) is 73.1 Å². The van der Waals surface area contributed by atoms with Crippen LogP contribution >= 0.6 is 23.2 Å². The van der Waals surface area contributed by atoms with E-state index in [0.717, 1.165) is 22.6 Å². The van der Waals surface area contributed by atoms with Crippen LogP contribution in [0.2, 0.25) is 29.7 Å². The number of halogens is 2. The summed E-state index contributed by atoms with van der Waals surface area (Å²) in [5, 5.41) is 26.1. The Hall–Kier alpha value is -3.92. The molecular weight excluding hydrogens is 607 g/mol. The third-order valence-electron chi connectivity index (χ3n) is 6.79. The van der Waals surface area contributed by atoms with Crippen molar-refractivity contribution in [2.45, 2.75) is 38.5 Å². The first-order valence-corrected chi connectivity index (χ1v) is 17.7. The zero-order valence-electron chi connectivity index (χ0n) is 24.6. The van der Waals surface area contributed by atoms with Gasteiger partial charge >= 0.3 is 5.97 Å². The van der Waals surface area contributed by atoms with Crippen LogP contribution in [0.15, 0.2) is 73.1 Å². The molecule has 1 atom stereocenters. The molecule has 11 heteroatoms. The lowest BCUT2D eigenvalue weighted by Crippen LogP contribution is -2.29. The highest BCUT2D eigenvalue weighted by Crippen LogP contribution is 2.40. The van der Waals surface area contributed by atoms with Crippen LogP contribution in [0.5, 0.6) is 17.2 Å². The van der Waals surface area contributed by atoms with Crippen molar-refractivity contribution in [3.05, 3.63) is 116 Å². The summed E-state index contributed by atoms with van der Waals surface area (Å²) in [4.78, 5) is 12.6. The molecule has 8 nitrogen and oxygen atoms in total. The molecule has 1 aromatic heterocycles. The molecule has 226 valence electrons. The van der Waals surface area contributed by atoms with Gasteiger partial charge in [0.1, 0.15) is 15.8 Å². The highest BCUT2D eigenvalue weighted by Gasteiger charge is 2.28. The van der Waals surface area contributed by atoms with Crippen molar-refractivity contribution in [3.63, 3.8) is 0 Å². The summed E-state index contributed by atoms with van der Waals surface area (Å²) in [6.45, 7) is 6.68. The number of carboxylic acid groups (broad SMARTS) is 1. The molecule has 0 bridgehead atoms. The van der Waals surface area contributed by atoms with Crippen molar-refractivity contribution in [1.29, 1.82) is 0 Å². The molecule has 0 radical (unpaired) electrons. The number of pyridine rings is 1. The normalized spacial score (nSPS) is 12.0. The van der Waals surface area contributed by atoms with Crippen molar-refractivity contribution in [2.24, 2.45) is 0 Å². The van der Waals surface area contributed by atoms with E-state index in [2.05, 4.69) is 25.0 Å². The number of hydrogen-bond donors (Lipinski definition) is 2. The molecule has 43 heavy (non-hydrogen) atoms. The Labute approximate surface area is 262 Å². The van der Waals surface area contributed by atoms with Crippen molar-refractivity contribution >= 4 is 43.2 Å².